The van der Waals surface area contributed by atoms with Crippen molar-refractivity contribution in [2.24, 2.45) is 0 Å². The van der Waals surface area contributed by atoms with E-state index in [1.165, 1.54) is 11.3 Å². The van der Waals surface area contributed by atoms with Crippen molar-refractivity contribution in [3.8, 4) is 0 Å². The van der Waals surface area contributed by atoms with Gasteiger partial charge in [-0.15, -0.1) is 23.7 Å². The Hall–Kier alpha value is -1.60. The molecule has 4 nitrogen and oxygen atoms in total. The average Bonchev–Trinajstić information content (AvgIpc) is 3.00. The Morgan fingerprint density at radius 3 is 2.79 bits per heavy atom. The van der Waals surface area contributed by atoms with E-state index >= 15 is 0 Å². The molecule has 0 bridgehead atoms. The van der Waals surface area contributed by atoms with E-state index in [0.717, 1.165) is 40.7 Å². The minimum atomic E-state index is -3.59. The number of hydrogen-bond acceptors (Lipinski definition) is 4. The lowest BCUT2D eigenvalue weighted by atomic mass is 9.99. The van der Waals surface area contributed by atoms with Gasteiger partial charge in [-0.05, 0) is 36.2 Å². The zero-order valence-corrected chi connectivity index (χ0v) is 15.2. The van der Waals surface area contributed by atoms with E-state index in [0.29, 0.717) is 10.6 Å². The summed E-state index contributed by atoms with van der Waals surface area (Å²) in [6.07, 6.45) is 0.832. The second kappa shape index (κ2) is 6.72. The number of benzene rings is 2. The predicted octanol–water partition coefficient (Wildman–Crippen LogP) is 3.77. The summed E-state index contributed by atoms with van der Waals surface area (Å²) < 4.78 is 29.5. The zero-order valence-electron chi connectivity index (χ0n) is 12.8. The van der Waals surface area contributed by atoms with E-state index in [2.05, 4.69) is 10.0 Å². The minimum Gasteiger partial charge on any atom is -0.312 e. The molecule has 1 aliphatic rings. The van der Waals surface area contributed by atoms with Crippen LogP contribution in [0.4, 0.5) is 5.69 Å². The highest BCUT2D eigenvalue weighted by Gasteiger charge is 2.21. The molecule has 24 heavy (non-hydrogen) atoms. The highest BCUT2D eigenvalue weighted by Crippen LogP contribution is 2.32. The second-order valence-electron chi connectivity index (χ2n) is 5.57. The summed E-state index contributed by atoms with van der Waals surface area (Å²) in [5.74, 6) is 0. The third-order valence-electron chi connectivity index (χ3n) is 4.12. The summed E-state index contributed by atoms with van der Waals surface area (Å²) in [4.78, 5) is 0.352. The van der Waals surface area contributed by atoms with E-state index < -0.39 is 10.0 Å². The molecule has 0 fully saturated rings. The minimum absolute atomic E-state index is 0. The second-order valence-corrected chi connectivity index (χ2v) is 8.13. The quantitative estimate of drug-likeness (QED) is 0.727. The molecule has 4 rings (SSSR count). The maximum Gasteiger partial charge on any atom is 0.263 e. The van der Waals surface area contributed by atoms with Gasteiger partial charge in [-0.2, -0.15) is 0 Å². The van der Waals surface area contributed by atoms with Crippen LogP contribution in [-0.2, 0) is 23.0 Å². The van der Waals surface area contributed by atoms with Crippen molar-refractivity contribution in [2.45, 2.75) is 17.9 Å². The van der Waals surface area contributed by atoms with Crippen molar-refractivity contribution in [2.75, 3.05) is 11.3 Å². The summed E-state index contributed by atoms with van der Waals surface area (Å²) in [5, 5.41) is 5.79. The lowest BCUT2D eigenvalue weighted by Gasteiger charge is -2.20. The molecule has 0 aliphatic carbocycles. The Bertz CT molecular complexity index is 983. The maximum absolute atomic E-state index is 12.8. The molecule has 1 aromatic heterocycles. The number of anilines is 1. The number of rotatable bonds is 3. The van der Waals surface area contributed by atoms with Crippen LogP contribution in [0.15, 0.2) is 52.7 Å². The number of nitrogens with one attached hydrogen (secondary N) is 2. The first-order chi connectivity index (χ1) is 11.1. The topological polar surface area (TPSA) is 58.2 Å². The molecule has 0 saturated carbocycles. The van der Waals surface area contributed by atoms with Gasteiger partial charge < -0.3 is 5.32 Å². The fraction of sp³-hybridized carbons (Fsp3) is 0.176. The van der Waals surface area contributed by atoms with E-state index in [9.17, 15) is 8.42 Å². The molecule has 126 valence electrons. The van der Waals surface area contributed by atoms with Gasteiger partial charge in [-0.25, -0.2) is 8.42 Å². The van der Waals surface area contributed by atoms with Crippen molar-refractivity contribution in [3.05, 3.63) is 59.0 Å². The van der Waals surface area contributed by atoms with Gasteiger partial charge in [0.25, 0.3) is 10.0 Å². The summed E-state index contributed by atoms with van der Waals surface area (Å²) >= 11 is 1.45. The van der Waals surface area contributed by atoms with Crippen LogP contribution in [0.25, 0.3) is 10.1 Å². The molecule has 0 unspecified atom stereocenters. The van der Waals surface area contributed by atoms with Gasteiger partial charge >= 0.3 is 0 Å². The van der Waals surface area contributed by atoms with Gasteiger partial charge in [-0.1, -0.05) is 30.3 Å². The van der Waals surface area contributed by atoms with Gasteiger partial charge in [0.05, 0.1) is 5.69 Å². The number of thiophene rings is 1. The lowest BCUT2D eigenvalue weighted by Crippen LogP contribution is -2.25. The van der Waals surface area contributed by atoms with E-state index in [1.54, 1.807) is 5.38 Å². The van der Waals surface area contributed by atoms with E-state index in [1.807, 2.05) is 42.5 Å². The third kappa shape index (κ3) is 3.02. The molecule has 2 aromatic carbocycles. The standard InChI is InChI=1S/C17H16N2O2S2.ClH/c20-23(21,17-11-22-16-7-2-1-5-14(16)17)19-15-6-3-4-12-10-18-9-8-13(12)15;/h1-7,11,18-19H,8-10H2;1H. The number of halogens is 1. The Kier molecular flexibility index (Phi) is 4.83. The number of sulfonamides is 1. The van der Waals surface area contributed by atoms with Gasteiger partial charge in [0.2, 0.25) is 0 Å². The number of fused-ring (bicyclic) bond motifs is 2. The first kappa shape index (κ1) is 17.2. The molecule has 0 atom stereocenters. The Balaban J connectivity index is 0.00000169. The van der Waals surface area contributed by atoms with Crippen molar-refractivity contribution >= 4 is 49.5 Å². The summed E-state index contributed by atoms with van der Waals surface area (Å²) in [5.41, 5.74) is 2.94. The van der Waals surface area contributed by atoms with Crippen molar-refractivity contribution < 1.29 is 8.42 Å². The first-order valence-electron chi connectivity index (χ1n) is 7.46. The van der Waals surface area contributed by atoms with Crippen LogP contribution in [0.2, 0.25) is 0 Å². The average molecular weight is 381 g/mol. The Labute approximate surface area is 151 Å². The van der Waals surface area contributed by atoms with Crippen LogP contribution >= 0.6 is 23.7 Å². The van der Waals surface area contributed by atoms with Gasteiger partial charge in [0.15, 0.2) is 0 Å². The smallest absolute Gasteiger partial charge is 0.263 e. The Morgan fingerprint density at radius 2 is 1.92 bits per heavy atom. The molecule has 7 heteroatoms. The molecule has 0 saturated heterocycles. The molecule has 0 radical (unpaired) electrons. The largest absolute Gasteiger partial charge is 0.312 e. The molecule has 2 heterocycles. The van der Waals surface area contributed by atoms with E-state index in [4.69, 9.17) is 0 Å². The highest BCUT2D eigenvalue weighted by atomic mass is 35.5. The molecular weight excluding hydrogens is 364 g/mol. The molecule has 3 aromatic rings. The normalized spacial score (nSPS) is 14.0. The maximum atomic E-state index is 12.8. The molecular formula is C17H17ClN2O2S2. The SMILES string of the molecule is Cl.O=S(=O)(Nc1cccc2c1CCNC2)c1csc2ccccc12. The molecule has 2 N–H and O–H groups in total. The van der Waals surface area contributed by atoms with Crippen LogP contribution in [0.1, 0.15) is 11.1 Å². The molecule has 0 amide bonds. The first-order valence-corrected chi connectivity index (χ1v) is 9.82. The number of hydrogen-bond donors (Lipinski definition) is 2. The fourth-order valence-electron chi connectivity index (χ4n) is 2.99. The van der Waals surface area contributed by atoms with Gasteiger partial charge in [-0.3, -0.25) is 4.72 Å². The van der Waals surface area contributed by atoms with Gasteiger partial charge in [0.1, 0.15) is 4.90 Å². The monoisotopic (exact) mass is 380 g/mol. The fourth-order valence-corrected chi connectivity index (χ4v) is 5.59. The summed E-state index contributed by atoms with van der Waals surface area (Å²) in [6, 6.07) is 13.4. The summed E-state index contributed by atoms with van der Waals surface area (Å²) in [6.45, 7) is 1.65. The lowest BCUT2D eigenvalue weighted by molar-refractivity contribution is 0.602. The van der Waals surface area contributed by atoms with Crippen LogP contribution in [0.3, 0.4) is 0 Å². The molecule has 0 spiro atoms. The molecule has 1 aliphatic heterocycles. The zero-order chi connectivity index (χ0) is 15.9. The predicted molar refractivity (Wildman–Crippen MR) is 102 cm³/mol. The Morgan fingerprint density at radius 1 is 1.08 bits per heavy atom. The van der Waals surface area contributed by atoms with Crippen LogP contribution in [0, 0.1) is 0 Å². The third-order valence-corrected chi connectivity index (χ3v) is 6.64. The van der Waals surface area contributed by atoms with Crippen LogP contribution in [0.5, 0.6) is 0 Å². The highest BCUT2D eigenvalue weighted by molar-refractivity contribution is 7.93. The van der Waals surface area contributed by atoms with Crippen LogP contribution in [-0.4, -0.2) is 15.0 Å². The van der Waals surface area contributed by atoms with Gasteiger partial charge in [0, 0.05) is 22.0 Å². The van der Waals surface area contributed by atoms with Crippen molar-refractivity contribution in [3.63, 3.8) is 0 Å². The van der Waals surface area contributed by atoms with Crippen molar-refractivity contribution in [1.29, 1.82) is 0 Å². The summed E-state index contributed by atoms with van der Waals surface area (Å²) in [7, 11) is -3.59. The van der Waals surface area contributed by atoms with Crippen LogP contribution < -0.4 is 10.0 Å². The van der Waals surface area contributed by atoms with E-state index in [-0.39, 0.29) is 12.4 Å². The van der Waals surface area contributed by atoms with Crippen molar-refractivity contribution in [1.82, 2.24) is 5.32 Å².